The molecular formula is C25H38N4O6. The number of alkyl carbamates (subject to hydrolysis) is 1. The first kappa shape index (κ1) is 27.9. The molecule has 2 unspecified atom stereocenters. The highest BCUT2D eigenvalue weighted by Crippen LogP contribution is 2.27. The fourth-order valence-electron chi connectivity index (χ4n) is 4.21. The molecule has 10 heteroatoms. The molecular weight excluding hydrogens is 452 g/mol. The number of benzene rings is 1. The molecule has 1 aliphatic carbocycles. The lowest BCUT2D eigenvalue weighted by Gasteiger charge is -2.35. The lowest BCUT2D eigenvalue weighted by Crippen LogP contribution is -2.54. The van der Waals surface area contributed by atoms with E-state index in [2.05, 4.69) is 10.6 Å². The predicted octanol–water partition coefficient (Wildman–Crippen LogP) is 2.50. The number of hydrogen-bond donors (Lipinski definition) is 4. The quantitative estimate of drug-likeness (QED) is 0.417. The van der Waals surface area contributed by atoms with Crippen LogP contribution in [0.4, 0.5) is 4.79 Å². The van der Waals surface area contributed by atoms with Gasteiger partial charge in [0.25, 0.3) is 0 Å². The van der Waals surface area contributed by atoms with Crippen LogP contribution < -0.4 is 16.4 Å². The van der Waals surface area contributed by atoms with Gasteiger partial charge in [0.15, 0.2) is 0 Å². The Kier molecular flexibility index (Phi) is 9.91. The number of carbonyl (C=O) groups is 4. The molecule has 2 rings (SSSR count). The Balaban J connectivity index is 2.37. The highest BCUT2D eigenvalue weighted by molar-refractivity contribution is 5.94. The normalized spacial score (nSPS) is 16.0. The summed E-state index contributed by atoms with van der Waals surface area (Å²) >= 11 is 0. The number of likely N-dealkylation sites (N-methyl/N-ethyl adjacent to an activating group) is 1. The molecule has 0 bridgehead atoms. The number of nitrogens with zero attached hydrogens (tertiary/aromatic N) is 1. The summed E-state index contributed by atoms with van der Waals surface area (Å²) in [5.74, 6) is -1.91. The molecule has 0 aromatic heterocycles. The summed E-state index contributed by atoms with van der Waals surface area (Å²) in [6, 6.07) is 3.70. The minimum Gasteiger partial charge on any atom is -0.508 e. The van der Waals surface area contributed by atoms with E-state index in [0.717, 1.165) is 32.1 Å². The number of rotatable bonds is 9. The lowest BCUT2D eigenvalue weighted by molar-refractivity contribution is -0.143. The Labute approximate surface area is 206 Å². The van der Waals surface area contributed by atoms with E-state index in [1.807, 2.05) is 0 Å². The van der Waals surface area contributed by atoms with Crippen LogP contribution in [-0.4, -0.2) is 58.1 Å². The van der Waals surface area contributed by atoms with Gasteiger partial charge in [0.2, 0.25) is 17.7 Å². The van der Waals surface area contributed by atoms with Gasteiger partial charge in [-0.1, -0.05) is 31.4 Å². The zero-order valence-electron chi connectivity index (χ0n) is 21.0. The summed E-state index contributed by atoms with van der Waals surface area (Å²) in [6.45, 7) is 6.80. The summed E-state index contributed by atoms with van der Waals surface area (Å²) in [6.07, 6.45) is 3.50. The molecule has 1 aliphatic rings. The Morgan fingerprint density at radius 1 is 1.17 bits per heavy atom. The lowest BCUT2D eigenvalue weighted by atomic mass is 9.94. The van der Waals surface area contributed by atoms with Crippen LogP contribution in [0, 0.1) is 0 Å². The van der Waals surface area contributed by atoms with Crippen molar-refractivity contribution in [2.24, 2.45) is 5.73 Å². The van der Waals surface area contributed by atoms with Crippen LogP contribution in [0.25, 0.3) is 0 Å². The van der Waals surface area contributed by atoms with Crippen LogP contribution >= 0.6 is 0 Å². The zero-order chi connectivity index (χ0) is 26.2. The summed E-state index contributed by atoms with van der Waals surface area (Å²) in [4.78, 5) is 52.5. The van der Waals surface area contributed by atoms with E-state index in [0.29, 0.717) is 5.56 Å². The third-order valence-electron chi connectivity index (χ3n) is 5.72. The molecule has 194 valence electrons. The van der Waals surface area contributed by atoms with Gasteiger partial charge in [0.1, 0.15) is 23.4 Å². The highest BCUT2D eigenvalue weighted by Gasteiger charge is 2.37. The molecule has 1 saturated carbocycles. The molecule has 35 heavy (non-hydrogen) atoms. The molecule has 0 heterocycles. The van der Waals surface area contributed by atoms with Gasteiger partial charge in [-0.15, -0.1) is 0 Å². The third-order valence-corrected chi connectivity index (χ3v) is 5.72. The average Bonchev–Trinajstić information content (AvgIpc) is 2.75. The smallest absolute Gasteiger partial charge is 0.408 e. The summed E-state index contributed by atoms with van der Waals surface area (Å²) in [5.41, 5.74) is 4.94. The first-order valence-electron chi connectivity index (χ1n) is 12.1. The van der Waals surface area contributed by atoms with Crippen molar-refractivity contribution >= 4 is 23.8 Å². The number of ether oxygens (including phenoxy) is 1. The second-order valence-corrected chi connectivity index (χ2v) is 9.83. The number of carbonyl (C=O) groups excluding carboxylic acids is 4. The highest BCUT2D eigenvalue weighted by atomic mass is 16.6. The van der Waals surface area contributed by atoms with Gasteiger partial charge >= 0.3 is 6.09 Å². The topological polar surface area (TPSA) is 151 Å². The minimum atomic E-state index is -1.33. The van der Waals surface area contributed by atoms with Gasteiger partial charge in [-0.25, -0.2) is 4.79 Å². The van der Waals surface area contributed by atoms with E-state index in [4.69, 9.17) is 10.5 Å². The number of aromatic hydroxyl groups is 1. The van der Waals surface area contributed by atoms with Gasteiger partial charge in [0, 0.05) is 12.6 Å². The molecule has 0 saturated heterocycles. The van der Waals surface area contributed by atoms with E-state index in [9.17, 15) is 24.3 Å². The van der Waals surface area contributed by atoms with E-state index >= 15 is 0 Å². The largest absolute Gasteiger partial charge is 0.508 e. The number of primary amides is 1. The number of nitrogens with one attached hydrogen (secondary N) is 2. The third kappa shape index (κ3) is 8.77. The van der Waals surface area contributed by atoms with Crippen molar-refractivity contribution < 1.29 is 29.0 Å². The van der Waals surface area contributed by atoms with E-state index in [1.54, 1.807) is 39.8 Å². The molecule has 5 N–H and O–H groups in total. The zero-order valence-corrected chi connectivity index (χ0v) is 21.0. The Morgan fingerprint density at radius 3 is 2.37 bits per heavy atom. The maximum atomic E-state index is 13.6. The maximum absolute atomic E-state index is 13.6. The summed E-state index contributed by atoms with van der Waals surface area (Å²) < 4.78 is 5.24. The Bertz CT molecular complexity index is 907. The fourth-order valence-corrected chi connectivity index (χ4v) is 4.21. The van der Waals surface area contributed by atoms with Crippen molar-refractivity contribution in [3.63, 3.8) is 0 Å². The number of nitrogens with two attached hydrogens (primary N) is 1. The van der Waals surface area contributed by atoms with Crippen molar-refractivity contribution in [3.8, 4) is 5.75 Å². The molecule has 1 aromatic carbocycles. The fraction of sp³-hybridized carbons (Fsp3) is 0.600. The second kappa shape index (κ2) is 12.4. The maximum Gasteiger partial charge on any atom is 0.408 e. The summed E-state index contributed by atoms with van der Waals surface area (Å²) in [5, 5.41) is 15.5. The van der Waals surface area contributed by atoms with Gasteiger partial charge in [0.05, 0.1) is 6.42 Å². The molecule has 4 amide bonds. The second-order valence-electron chi connectivity index (χ2n) is 9.83. The van der Waals surface area contributed by atoms with Crippen LogP contribution in [0.2, 0.25) is 0 Å². The van der Waals surface area contributed by atoms with Crippen LogP contribution in [0.1, 0.15) is 77.8 Å². The van der Waals surface area contributed by atoms with Gasteiger partial charge in [-0.3, -0.25) is 14.4 Å². The van der Waals surface area contributed by atoms with Crippen LogP contribution in [-0.2, 0) is 19.1 Å². The Morgan fingerprint density at radius 2 is 1.83 bits per heavy atom. The van der Waals surface area contributed by atoms with Crippen molar-refractivity contribution in [3.05, 3.63) is 29.8 Å². The van der Waals surface area contributed by atoms with E-state index in [1.165, 1.54) is 17.0 Å². The number of hydrogen-bond acceptors (Lipinski definition) is 6. The van der Waals surface area contributed by atoms with E-state index < -0.39 is 47.9 Å². The van der Waals surface area contributed by atoms with Gasteiger partial charge < -0.3 is 31.1 Å². The van der Waals surface area contributed by atoms with Crippen LogP contribution in [0.3, 0.4) is 0 Å². The molecule has 10 nitrogen and oxygen atoms in total. The van der Waals surface area contributed by atoms with Gasteiger partial charge in [-0.2, -0.15) is 0 Å². The number of phenolic OH excluding ortho intramolecular Hbond substituents is 1. The van der Waals surface area contributed by atoms with Crippen molar-refractivity contribution in [2.45, 2.75) is 89.9 Å². The van der Waals surface area contributed by atoms with Crippen LogP contribution in [0.15, 0.2) is 24.3 Å². The molecule has 1 aromatic rings. The van der Waals surface area contributed by atoms with Crippen LogP contribution in [0.5, 0.6) is 5.75 Å². The predicted molar refractivity (Wildman–Crippen MR) is 130 cm³/mol. The average molecular weight is 491 g/mol. The molecule has 2 atom stereocenters. The number of amides is 4. The Hall–Kier alpha value is -3.30. The standard InChI is InChI=1S/C25H38N4O6/c1-5-29(23(33)19(15-20(26)31)28-24(34)35-25(2,3)4)21(16-10-9-13-18(30)14-16)22(32)27-17-11-7-6-8-12-17/h9-10,13-14,17,19,21,30H,5-8,11-12,15H2,1-4H3,(H2,26,31)(H,27,32)(H,28,34). The SMILES string of the molecule is CCN(C(=O)C(CC(N)=O)NC(=O)OC(C)(C)C)C(C(=O)NC1CCCCC1)c1cccc(O)c1. The van der Waals surface area contributed by atoms with Crippen molar-refractivity contribution in [1.29, 1.82) is 0 Å². The van der Waals surface area contributed by atoms with Crippen molar-refractivity contribution in [1.82, 2.24) is 15.5 Å². The van der Waals surface area contributed by atoms with E-state index in [-0.39, 0.29) is 18.3 Å². The first-order valence-corrected chi connectivity index (χ1v) is 12.1. The molecule has 0 spiro atoms. The minimum absolute atomic E-state index is 0.00817. The molecule has 0 radical (unpaired) electrons. The van der Waals surface area contributed by atoms with Gasteiger partial charge in [-0.05, 0) is 58.2 Å². The first-order chi connectivity index (χ1) is 16.4. The van der Waals surface area contributed by atoms with Crippen molar-refractivity contribution in [2.75, 3.05) is 6.54 Å². The molecule has 1 fully saturated rings. The molecule has 0 aliphatic heterocycles. The summed E-state index contributed by atoms with van der Waals surface area (Å²) in [7, 11) is 0. The number of phenols is 1. The monoisotopic (exact) mass is 490 g/mol.